The third kappa shape index (κ3) is 3.74. The van der Waals surface area contributed by atoms with Gasteiger partial charge in [0.05, 0.1) is 18.5 Å². The number of para-hydroxylation sites is 1. The van der Waals surface area contributed by atoms with Gasteiger partial charge in [0.15, 0.2) is 0 Å². The van der Waals surface area contributed by atoms with Crippen LogP contribution >= 0.6 is 0 Å². The Balaban J connectivity index is 1.66. The fraction of sp³-hybridized carbons (Fsp3) is 0.263. The smallest absolute Gasteiger partial charge is 0.227 e. The van der Waals surface area contributed by atoms with E-state index in [1.165, 1.54) is 0 Å². The average Bonchev–Trinajstić information content (AvgIpc) is 2.62. The fourth-order valence-corrected chi connectivity index (χ4v) is 2.94. The Labute approximate surface area is 146 Å². The molecule has 3 rings (SSSR count). The van der Waals surface area contributed by atoms with Gasteiger partial charge < -0.3 is 20.7 Å². The summed E-state index contributed by atoms with van der Waals surface area (Å²) < 4.78 is 5.14. The molecular formula is C19H21N3O3. The molecule has 0 saturated carbocycles. The van der Waals surface area contributed by atoms with Gasteiger partial charge in [0.1, 0.15) is 5.75 Å². The topological polar surface area (TPSA) is 84.7 Å². The minimum absolute atomic E-state index is 0.0485. The standard InChI is InChI=1S/C19H21N3O3/c1-25-14-7-8-15(20)16(12-14)21-18(23)10-11-22-17-5-3-2-4-13(17)6-9-19(22)24/h2-5,7-8,12H,6,9-11,20H2,1H3,(H,21,23). The lowest BCUT2D eigenvalue weighted by molar-refractivity contribution is -0.119. The Hall–Kier alpha value is -3.02. The first-order valence-corrected chi connectivity index (χ1v) is 8.20. The molecule has 6 nitrogen and oxygen atoms in total. The third-order valence-electron chi connectivity index (χ3n) is 4.29. The van der Waals surface area contributed by atoms with Crippen LogP contribution in [0.15, 0.2) is 42.5 Å². The third-order valence-corrected chi connectivity index (χ3v) is 4.29. The van der Waals surface area contributed by atoms with Gasteiger partial charge in [-0.3, -0.25) is 9.59 Å². The lowest BCUT2D eigenvalue weighted by Crippen LogP contribution is -2.37. The maximum Gasteiger partial charge on any atom is 0.227 e. The maximum absolute atomic E-state index is 12.3. The lowest BCUT2D eigenvalue weighted by Gasteiger charge is -2.29. The molecule has 0 saturated heterocycles. The summed E-state index contributed by atoms with van der Waals surface area (Å²) in [6.07, 6.45) is 1.41. The number of ether oxygens (including phenoxy) is 1. The van der Waals surface area contributed by atoms with Crippen molar-refractivity contribution in [2.45, 2.75) is 19.3 Å². The molecule has 1 heterocycles. The van der Waals surface area contributed by atoms with Gasteiger partial charge in [-0.25, -0.2) is 0 Å². The zero-order chi connectivity index (χ0) is 17.8. The number of anilines is 3. The van der Waals surface area contributed by atoms with E-state index in [1.807, 2.05) is 24.3 Å². The van der Waals surface area contributed by atoms with Gasteiger partial charge in [-0.05, 0) is 30.2 Å². The molecule has 130 valence electrons. The Bertz CT molecular complexity index is 804. The summed E-state index contributed by atoms with van der Waals surface area (Å²) in [6.45, 7) is 0.339. The summed E-state index contributed by atoms with van der Waals surface area (Å²) in [6, 6.07) is 12.9. The molecule has 0 bridgehead atoms. The number of hydrogen-bond donors (Lipinski definition) is 2. The molecule has 1 aliphatic rings. The number of rotatable bonds is 5. The Morgan fingerprint density at radius 3 is 2.84 bits per heavy atom. The van der Waals surface area contributed by atoms with E-state index in [-0.39, 0.29) is 18.2 Å². The molecular weight excluding hydrogens is 318 g/mol. The number of amides is 2. The highest BCUT2D eigenvalue weighted by Crippen LogP contribution is 2.28. The largest absolute Gasteiger partial charge is 0.497 e. The zero-order valence-electron chi connectivity index (χ0n) is 14.1. The zero-order valence-corrected chi connectivity index (χ0v) is 14.1. The first-order chi connectivity index (χ1) is 12.1. The van der Waals surface area contributed by atoms with E-state index in [0.717, 1.165) is 17.7 Å². The Morgan fingerprint density at radius 2 is 2.04 bits per heavy atom. The van der Waals surface area contributed by atoms with Crippen LogP contribution in [0.1, 0.15) is 18.4 Å². The van der Waals surface area contributed by atoms with E-state index in [1.54, 1.807) is 30.2 Å². The second-order valence-corrected chi connectivity index (χ2v) is 5.93. The Kier molecular flexibility index (Phi) is 4.88. The van der Waals surface area contributed by atoms with Crippen LogP contribution in [0.25, 0.3) is 0 Å². The second-order valence-electron chi connectivity index (χ2n) is 5.93. The van der Waals surface area contributed by atoms with Crippen molar-refractivity contribution >= 4 is 28.9 Å². The van der Waals surface area contributed by atoms with Crippen molar-refractivity contribution in [1.29, 1.82) is 0 Å². The Morgan fingerprint density at radius 1 is 1.24 bits per heavy atom. The molecule has 25 heavy (non-hydrogen) atoms. The van der Waals surface area contributed by atoms with Crippen molar-refractivity contribution in [3.63, 3.8) is 0 Å². The normalized spacial score (nSPS) is 13.3. The predicted molar refractivity (Wildman–Crippen MR) is 97.8 cm³/mol. The van der Waals surface area contributed by atoms with Gasteiger partial charge in [-0.15, -0.1) is 0 Å². The van der Waals surface area contributed by atoms with Gasteiger partial charge >= 0.3 is 0 Å². The van der Waals surface area contributed by atoms with Crippen LogP contribution in [0.2, 0.25) is 0 Å². The van der Waals surface area contributed by atoms with Crippen molar-refractivity contribution in [3.05, 3.63) is 48.0 Å². The van der Waals surface area contributed by atoms with Gasteiger partial charge in [-0.1, -0.05) is 18.2 Å². The minimum atomic E-state index is -0.198. The number of carbonyl (C=O) groups is 2. The molecule has 6 heteroatoms. The molecule has 0 spiro atoms. The number of nitrogens with one attached hydrogen (secondary N) is 1. The number of nitrogen functional groups attached to an aromatic ring is 1. The van der Waals surface area contributed by atoms with Crippen LogP contribution in [-0.4, -0.2) is 25.5 Å². The van der Waals surface area contributed by atoms with Crippen LogP contribution in [0, 0.1) is 0 Å². The highest BCUT2D eigenvalue weighted by molar-refractivity contribution is 5.98. The van der Waals surface area contributed by atoms with E-state index in [2.05, 4.69) is 5.32 Å². The number of fused-ring (bicyclic) bond motifs is 1. The van der Waals surface area contributed by atoms with Crippen molar-refractivity contribution in [3.8, 4) is 5.75 Å². The van der Waals surface area contributed by atoms with Crippen molar-refractivity contribution < 1.29 is 14.3 Å². The highest BCUT2D eigenvalue weighted by Gasteiger charge is 2.24. The maximum atomic E-state index is 12.3. The first kappa shape index (κ1) is 16.8. The summed E-state index contributed by atoms with van der Waals surface area (Å²) in [4.78, 5) is 26.2. The minimum Gasteiger partial charge on any atom is -0.497 e. The molecule has 0 atom stereocenters. The van der Waals surface area contributed by atoms with Gasteiger partial charge in [0, 0.05) is 31.1 Å². The monoisotopic (exact) mass is 339 g/mol. The van der Waals surface area contributed by atoms with Gasteiger partial charge in [0.2, 0.25) is 11.8 Å². The molecule has 0 radical (unpaired) electrons. The van der Waals surface area contributed by atoms with Crippen LogP contribution < -0.4 is 20.7 Å². The molecule has 0 unspecified atom stereocenters. The lowest BCUT2D eigenvalue weighted by atomic mass is 10.0. The van der Waals surface area contributed by atoms with E-state index in [9.17, 15) is 9.59 Å². The van der Waals surface area contributed by atoms with Crippen molar-refractivity contribution in [2.24, 2.45) is 0 Å². The van der Waals surface area contributed by atoms with E-state index in [4.69, 9.17) is 10.5 Å². The van der Waals surface area contributed by atoms with Crippen molar-refractivity contribution in [1.82, 2.24) is 0 Å². The molecule has 1 aliphatic heterocycles. The summed E-state index contributed by atoms with van der Waals surface area (Å²) in [5.74, 6) is 0.466. The summed E-state index contributed by atoms with van der Waals surface area (Å²) in [5, 5.41) is 2.78. The van der Waals surface area contributed by atoms with Crippen LogP contribution in [0.5, 0.6) is 5.75 Å². The molecule has 0 fully saturated rings. The average molecular weight is 339 g/mol. The number of nitrogens with zero attached hydrogens (tertiary/aromatic N) is 1. The van der Waals surface area contributed by atoms with Gasteiger partial charge in [-0.2, -0.15) is 0 Å². The molecule has 0 aliphatic carbocycles. The predicted octanol–water partition coefficient (Wildman–Crippen LogP) is 2.59. The van der Waals surface area contributed by atoms with Crippen molar-refractivity contribution in [2.75, 3.05) is 29.6 Å². The van der Waals surface area contributed by atoms with Crippen LogP contribution in [-0.2, 0) is 16.0 Å². The van der Waals surface area contributed by atoms with E-state index >= 15 is 0 Å². The number of aryl methyl sites for hydroxylation is 1. The molecule has 2 aromatic carbocycles. The summed E-state index contributed by atoms with van der Waals surface area (Å²) in [7, 11) is 1.55. The molecule has 2 aromatic rings. The summed E-state index contributed by atoms with van der Waals surface area (Å²) >= 11 is 0. The number of carbonyl (C=O) groups excluding carboxylic acids is 2. The molecule has 0 aromatic heterocycles. The van der Waals surface area contributed by atoms with Gasteiger partial charge in [0.25, 0.3) is 0 Å². The first-order valence-electron chi connectivity index (χ1n) is 8.20. The molecule has 3 N–H and O–H groups in total. The molecule has 2 amide bonds. The number of nitrogens with two attached hydrogens (primary N) is 1. The number of hydrogen-bond acceptors (Lipinski definition) is 4. The van der Waals surface area contributed by atoms with Crippen LogP contribution in [0.3, 0.4) is 0 Å². The summed E-state index contributed by atoms with van der Waals surface area (Å²) in [5.41, 5.74) is 8.89. The highest BCUT2D eigenvalue weighted by atomic mass is 16.5. The van der Waals surface area contributed by atoms with Crippen LogP contribution in [0.4, 0.5) is 17.1 Å². The van der Waals surface area contributed by atoms with E-state index < -0.39 is 0 Å². The number of benzene rings is 2. The fourth-order valence-electron chi connectivity index (χ4n) is 2.94. The van der Waals surface area contributed by atoms with E-state index in [0.29, 0.717) is 30.1 Å². The number of methoxy groups -OCH3 is 1. The quantitative estimate of drug-likeness (QED) is 0.820. The second kappa shape index (κ2) is 7.25. The SMILES string of the molecule is COc1ccc(N)c(NC(=O)CCN2C(=O)CCc3ccccc32)c1.